The van der Waals surface area contributed by atoms with Gasteiger partial charge in [0.15, 0.2) is 0 Å². The number of carboxylic acids is 1. The highest BCUT2D eigenvalue weighted by Gasteiger charge is 2.30. The van der Waals surface area contributed by atoms with Crippen molar-refractivity contribution in [1.82, 2.24) is 0 Å². The normalized spacial score (nSPS) is 18.4. The molecule has 3 rings (SSSR count). The number of hydrogen-bond acceptors (Lipinski definition) is 2. The van der Waals surface area contributed by atoms with Crippen LogP contribution < -0.4 is 4.90 Å². The fraction of sp³-hybridized carbons (Fsp3) is 0.533. The van der Waals surface area contributed by atoms with Gasteiger partial charge in [0.1, 0.15) is 5.82 Å². The zero-order valence-corrected chi connectivity index (χ0v) is 10.8. The Morgan fingerprint density at radius 3 is 2.26 bits per heavy atom. The maximum Gasteiger partial charge on any atom is 0.337 e. The number of anilines is 1. The van der Waals surface area contributed by atoms with E-state index in [2.05, 4.69) is 4.90 Å². The zero-order chi connectivity index (χ0) is 13.4. The smallest absolute Gasteiger partial charge is 0.337 e. The van der Waals surface area contributed by atoms with Crippen molar-refractivity contribution in [3.05, 3.63) is 29.6 Å². The fourth-order valence-corrected chi connectivity index (χ4v) is 2.45. The molecule has 1 aromatic rings. The van der Waals surface area contributed by atoms with Gasteiger partial charge in [0.2, 0.25) is 0 Å². The van der Waals surface area contributed by atoms with Gasteiger partial charge in [-0.05, 0) is 55.7 Å². The Balaban J connectivity index is 1.88. The molecule has 0 aliphatic heterocycles. The number of carbonyl (C=O) groups is 1. The molecule has 0 amide bonds. The summed E-state index contributed by atoms with van der Waals surface area (Å²) in [6, 6.07) is 4.10. The van der Waals surface area contributed by atoms with Crippen LogP contribution in [0.2, 0.25) is 0 Å². The van der Waals surface area contributed by atoms with E-state index in [1.54, 1.807) is 6.07 Å². The van der Waals surface area contributed by atoms with Gasteiger partial charge in [0.25, 0.3) is 0 Å². The molecule has 0 radical (unpaired) electrons. The van der Waals surface area contributed by atoms with Crippen LogP contribution in [0.1, 0.15) is 36.0 Å². The number of benzene rings is 1. The molecule has 2 saturated carbocycles. The molecule has 0 heterocycles. The third-order valence-corrected chi connectivity index (χ3v) is 3.88. The van der Waals surface area contributed by atoms with Crippen LogP contribution in [0.15, 0.2) is 18.2 Å². The zero-order valence-electron chi connectivity index (χ0n) is 10.8. The monoisotopic (exact) mass is 263 g/mol. The highest BCUT2D eigenvalue weighted by atomic mass is 19.1. The molecule has 0 bridgehead atoms. The van der Waals surface area contributed by atoms with Crippen LogP contribution in [0.25, 0.3) is 0 Å². The van der Waals surface area contributed by atoms with Gasteiger partial charge in [-0.1, -0.05) is 0 Å². The van der Waals surface area contributed by atoms with E-state index in [1.165, 1.54) is 31.7 Å². The first-order chi connectivity index (χ1) is 9.13. The van der Waals surface area contributed by atoms with Gasteiger partial charge in [-0.25, -0.2) is 9.18 Å². The molecule has 2 fully saturated rings. The summed E-state index contributed by atoms with van der Waals surface area (Å²) >= 11 is 0. The van der Waals surface area contributed by atoms with Crippen LogP contribution in [0, 0.1) is 17.7 Å². The second kappa shape index (κ2) is 4.83. The van der Waals surface area contributed by atoms with Crippen molar-refractivity contribution in [1.29, 1.82) is 0 Å². The van der Waals surface area contributed by atoms with Gasteiger partial charge < -0.3 is 10.0 Å². The van der Waals surface area contributed by atoms with Gasteiger partial charge in [0, 0.05) is 13.1 Å². The lowest BCUT2D eigenvalue weighted by atomic mass is 10.1. The largest absolute Gasteiger partial charge is 0.478 e. The first-order valence-electron chi connectivity index (χ1n) is 6.91. The lowest BCUT2D eigenvalue weighted by Crippen LogP contribution is -2.29. The molecule has 0 unspecified atom stereocenters. The Bertz CT molecular complexity index is 481. The van der Waals surface area contributed by atoms with Crippen molar-refractivity contribution in [2.24, 2.45) is 11.8 Å². The predicted molar refractivity (Wildman–Crippen MR) is 71.0 cm³/mol. The number of carboxylic acid groups (broad SMARTS) is 1. The van der Waals surface area contributed by atoms with Crippen LogP contribution in [0.5, 0.6) is 0 Å². The molecular formula is C15H18FNO2. The summed E-state index contributed by atoms with van der Waals surface area (Å²) in [5.41, 5.74) is 0.758. The van der Waals surface area contributed by atoms with Crippen molar-refractivity contribution in [2.75, 3.05) is 18.0 Å². The van der Waals surface area contributed by atoms with Crippen molar-refractivity contribution in [2.45, 2.75) is 25.7 Å². The van der Waals surface area contributed by atoms with E-state index in [9.17, 15) is 14.3 Å². The Morgan fingerprint density at radius 1 is 1.21 bits per heavy atom. The van der Waals surface area contributed by atoms with Crippen molar-refractivity contribution in [3.8, 4) is 0 Å². The molecular weight excluding hydrogens is 245 g/mol. The van der Waals surface area contributed by atoms with Gasteiger partial charge in [-0.2, -0.15) is 0 Å². The number of aromatic carboxylic acids is 1. The van der Waals surface area contributed by atoms with Crippen LogP contribution in [0.3, 0.4) is 0 Å². The Hall–Kier alpha value is -1.58. The van der Waals surface area contributed by atoms with E-state index in [0.717, 1.165) is 19.2 Å². The average Bonchev–Trinajstić information content (AvgIpc) is 3.23. The third-order valence-electron chi connectivity index (χ3n) is 3.88. The predicted octanol–water partition coefficient (Wildman–Crippen LogP) is 3.15. The number of rotatable bonds is 6. The Kier molecular flexibility index (Phi) is 3.17. The second-order valence-electron chi connectivity index (χ2n) is 5.76. The molecule has 4 heteroatoms. The minimum atomic E-state index is -1.05. The van der Waals surface area contributed by atoms with Crippen LogP contribution in [-0.2, 0) is 0 Å². The summed E-state index contributed by atoms with van der Waals surface area (Å²) in [7, 11) is 0. The van der Waals surface area contributed by atoms with E-state index >= 15 is 0 Å². The van der Waals surface area contributed by atoms with Crippen molar-refractivity contribution in [3.63, 3.8) is 0 Å². The molecule has 0 spiro atoms. The molecule has 0 aromatic heterocycles. The molecule has 102 valence electrons. The second-order valence-corrected chi connectivity index (χ2v) is 5.76. The first-order valence-corrected chi connectivity index (χ1v) is 6.91. The lowest BCUT2D eigenvalue weighted by molar-refractivity contribution is 0.0697. The Morgan fingerprint density at radius 2 is 1.79 bits per heavy atom. The molecule has 2 aliphatic rings. The summed E-state index contributed by atoms with van der Waals surface area (Å²) in [5.74, 6) is -0.166. The quantitative estimate of drug-likeness (QED) is 0.857. The van der Waals surface area contributed by atoms with E-state index in [1.807, 2.05) is 0 Å². The first kappa shape index (κ1) is 12.5. The van der Waals surface area contributed by atoms with Gasteiger partial charge in [-0.3, -0.25) is 0 Å². The van der Waals surface area contributed by atoms with Crippen LogP contribution >= 0.6 is 0 Å². The molecule has 0 atom stereocenters. The van der Waals surface area contributed by atoms with Crippen molar-refractivity contribution >= 4 is 11.7 Å². The standard InChI is InChI=1S/C15H18FNO2/c16-12-5-6-14(13(7-12)15(18)19)17(8-10-1-2-10)9-11-3-4-11/h5-7,10-11H,1-4,8-9H2,(H,18,19). The highest BCUT2D eigenvalue weighted by Crippen LogP contribution is 2.36. The minimum absolute atomic E-state index is 0.0845. The highest BCUT2D eigenvalue weighted by molar-refractivity contribution is 5.94. The fourth-order valence-electron chi connectivity index (χ4n) is 2.45. The summed E-state index contributed by atoms with van der Waals surface area (Å²) < 4.78 is 13.2. The van der Waals surface area contributed by atoms with Crippen LogP contribution in [0.4, 0.5) is 10.1 Å². The van der Waals surface area contributed by atoms with E-state index in [0.29, 0.717) is 17.5 Å². The third kappa shape index (κ3) is 3.06. The van der Waals surface area contributed by atoms with Gasteiger partial charge >= 0.3 is 5.97 Å². The maximum atomic E-state index is 13.2. The Labute approximate surface area is 112 Å². The number of nitrogens with zero attached hydrogens (tertiary/aromatic N) is 1. The molecule has 0 saturated heterocycles. The lowest BCUT2D eigenvalue weighted by Gasteiger charge is -2.26. The van der Waals surface area contributed by atoms with Gasteiger partial charge in [-0.15, -0.1) is 0 Å². The topological polar surface area (TPSA) is 40.5 Å². The molecule has 19 heavy (non-hydrogen) atoms. The molecule has 1 aromatic carbocycles. The summed E-state index contributed by atoms with van der Waals surface area (Å²) in [5, 5.41) is 9.25. The minimum Gasteiger partial charge on any atom is -0.478 e. The van der Waals surface area contributed by atoms with E-state index < -0.39 is 11.8 Å². The number of hydrogen-bond donors (Lipinski definition) is 1. The van der Waals surface area contributed by atoms with Gasteiger partial charge in [0.05, 0.1) is 11.3 Å². The van der Waals surface area contributed by atoms with E-state index in [4.69, 9.17) is 0 Å². The maximum absolute atomic E-state index is 13.2. The van der Waals surface area contributed by atoms with Crippen molar-refractivity contribution < 1.29 is 14.3 Å². The molecule has 1 N–H and O–H groups in total. The van der Waals surface area contributed by atoms with E-state index in [-0.39, 0.29) is 5.56 Å². The summed E-state index contributed by atoms with van der Waals surface area (Å²) in [4.78, 5) is 13.4. The summed E-state index contributed by atoms with van der Waals surface area (Å²) in [6.45, 7) is 1.81. The molecule has 3 nitrogen and oxygen atoms in total. The van der Waals surface area contributed by atoms with Crippen LogP contribution in [-0.4, -0.2) is 24.2 Å². The SMILES string of the molecule is O=C(O)c1cc(F)ccc1N(CC1CC1)CC1CC1. The molecule has 2 aliphatic carbocycles. The summed E-state index contributed by atoms with van der Waals surface area (Å²) in [6.07, 6.45) is 4.91. The average molecular weight is 263 g/mol. The number of halogens is 1.